The molecule has 1 saturated heterocycles. The van der Waals surface area contributed by atoms with Crippen LogP contribution in [0.15, 0.2) is 22.7 Å². The largest absolute Gasteiger partial charge is 0.369 e. The lowest BCUT2D eigenvalue weighted by atomic mass is 10.1. The highest BCUT2D eigenvalue weighted by Gasteiger charge is 2.16. The van der Waals surface area contributed by atoms with Crippen molar-refractivity contribution in [2.75, 3.05) is 31.6 Å². The number of hydrogen-bond donors (Lipinski definition) is 2. The van der Waals surface area contributed by atoms with Crippen molar-refractivity contribution in [3.05, 3.63) is 28.2 Å². The molecule has 0 aromatic heterocycles. The summed E-state index contributed by atoms with van der Waals surface area (Å²) in [4.78, 5) is 13.6. The molecule has 0 radical (unpaired) electrons. The maximum atomic E-state index is 11.4. The minimum atomic E-state index is 0.143. The van der Waals surface area contributed by atoms with Gasteiger partial charge in [-0.25, -0.2) is 0 Å². The molecule has 2 N–H and O–H groups in total. The Labute approximate surface area is 116 Å². The summed E-state index contributed by atoms with van der Waals surface area (Å²) in [5.41, 5.74) is 2.46. The van der Waals surface area contributed by atoms with Crippen LogP contribution < -0.4 is 15.5 Å². The summed E-state index contributed by atoms with van der Waals surface area (Å²) in [7, 11) is 1.94. The van der Waals surface area contributed by atoms with E-state index in [1.807, 2.05) is 7.05 Å². The van der Waals surface area contributed by atoms with Crippen LogP contribution in [0.2, 0.25) is 0 Å². The number of hydrogen-bond acceptors (Lipinski definition) is 3. The van der Waals surface area contributed by atoms with Gasteiger partial charge in [-0.2, -0.15) is 0 Å². The molecule has 18 heavy (non-hydrogen) atoms. The van der Waals surface area contributed by atoms with Crippen molar-refractivity contribution in [1.29, 1.82) is 0 Å². The minimum absolute atomic E-state index is 0.143. The average molecular weight is 312 g/mol. The smallest absolute Gasteiger partial charge is 0.221 e. The summed E-state index contributed by atoms with van der Waals surface area (Å²) in [5.74, 6) is 0.143. The van der Waals surface area contributed by atoms with Gasteiger partial charge in [0.15, 0.2) is 0 Å². The van der Waals surface area contributed by atoms with Gasteiger partial charge in [-0.1, -0.05) is 15.9 Å². The molecule has 1 aliphatic heterocycles. The Kier molecular flexibility index (Phi) is 4.60. The summed E-state index contributed by atoms with van der Waals surface area (Å²) in [5, 5.41) is 6.09. The Morgan fingerprint density at radius 1 is 1.44 bits per heavy atom. The number of anilines is 1. The van der Waals surface area contributed by atoms with Crippen molar-refractivity contribution in [3.63, 3.8) is 0 Å². The van der Waals surface area contributed by atoms with Crippen molar-refractivity contribution in [1.82, 2.24) is 10.6 Å². The van der Waals surface area contributed by atoms with Crippen LogP contribution in [-0.2, 0) is 11.3 Å². The van der Waals surface area contributed by atoms with Crippen LogP contribution >= 0.6 is 15.9 Å². The highest BCUT2D eigenvalue weighted by Crippen LogP contribution is 2.25. The van der Waals surface area contributed by atoms with E-state index < -0.39 is 0 Å². The molecule has 98 valence electrons. The van der Waals surface area contributed by atoms with E-state index in [4.69, 9.17) is 0 Å². The van der Waals surface area contributed by atoms with E-state index in [0.29, 0.717) is 13.0 Å². The molecule has 0 unspecified atom stereocenters. The van der Waals surface area contributed by atoms with Crippen molar-refractivity contribution < 1.29 is 4.79 Å². The Bertz CT molecular complexity index is 436. The van der Waals surface area contributed by atoms with Gasteiger partial charge in [0.25, 0.3) is 0 Å². The van der Waals surface area contributed by atoms with Gasteiger partial charge in [-0.05, 0) is 30.8 Å². The standard InChI is InChI=1S/C13H18BrN3O/c1-15-9-10-8-11(14)2-3-12(10)17-6-4-13(18)16-5-7-17/h2-3,8,15H,4-7,9H2,1H3,(H,16,18). The molecule has 1 aliphatic rings. The second-order valence-corrected chi connectivity index (χ2v) is 5.31. The molecular formula is C13H18BrN3O. The highest BCUT2D eigenvalue weighted by molar-refractivity contribution is 9.10. The summed E-state index contributed by atoms with van der Waals surface area (Å²) in [6.07, 6.45) is 0.565. The zero-order valence-electron chi connectivity index (χ0n) is 10.5. The monoisotopic (exact) mass is 311 g/mol. The molecule has 0 saturated carbocycles. The second kappa shape index (κ2) is 6.20. The predicted molar refractivity (Wildman–Crippen MR) is 76.7 cm³/mol. The first-order valence-corrected chi connectivity index (χ1v) is 6.94. The van der Waals surface area contributed by atoms with Crippen molar-refractivity contribution in [3.8, 4) is 0 Å². The molecule has 2 rings (SSSR count). The molecule has 1 aromatic rings. The van der Waals surface area contributed by atoms with E-state index in [0.717, 1.165) is 24.1 Å². The molecule has 1 fully saturated rings. The molecule has 1 heterocycles. The zero-order valence-corrected chi connectivity index (χ0v) is 12.1. The third-order valence-electron chi connectivity index (χ3n) is 3.06. The molecular weight excluding hydrogens is 294 g/mol. The zero-order chi connectivity index (χ0) is 13.0. The minimum Gasteiger partial charge on any atom is -0.369 e. The fraction of sp³-hybridized carbons (Fsp3) is 0.462. The molecule has 0 aliphatic carbocycles. The van der Waals surface area contributed by atoms with Crippen molar-refractivity contribution >= 4 is 27.5 Å². The van der Waals surface area contributed by atoms with Crippen LogP contribution in [0.25, 0.3) is 0 Å². The maximum absolute atomic E-state index is 11.4. The van der Waals surface area contributed by atoms with Crippen LogP contribution in [0.4, 0.5) is 5.69 Å². The number of carbonyl (C=O) groups excluding carboxylic acids is 1. The number of nitrogens with one attached hydrogen (secondary N) is 2. The summed E-state index contributed by atoms with van der Waals surface area (Å²) in [6, 6.07) is 6.30. The number of nitrogens with zero attached hydrogens (tertiary/aromatic N) is 1. The number of carbonyl (C=O) groups is 1. The van der Waals surface area contributed by atoms with E-state index in [1.165, 1.54) is 11.3 Å². The topological polar surface area (TPSA) is 44.4 Å². The van der Waals surface area contributed by atoms with Crippen LogP contribution in [0.1, 0.15) is 12.0 Å². The predicted octanol–water partition coefficient (Wildman–Crippen LogP) is 1.49. The third kappa shape index (κ3) is 3.23. The van der Waals surface area contributed by atoms with Crippen LogP contribution in [-0.4, -0.2) is 32.6 Å². The Balaban J connectivity index is 2.22. The molecule has 4 nitrogen and oxygen atoms in total. The van der Waals surface area contributed by atoms with Gasteiger partial charge in [0.2, 0.25) is 5.91 Å². The van der Waals surface area contributed by atoms with Gasteiger partial charge in [0, 0.05) is 42.8 Å². The molecule has 1 amide bonds. The maximum Gasteiger partial charge on any atom is 0.221 e. The van der Waals surface area contributed by atoms with E-state index >= 15 is 0 Å². The lowest BCUT2D eigenvalue weighted by molar-refractivity contribution is -0.120. The number of benzene rings is 1. The lowest BCUT2D eigenvalue weighted by Crippen LogP contribution is -2.29. The summed E-state index contributed by atoms with van der Waals surface area (Å²) >= 11 is 3.50. The van der Waals surface area contributed by atoms with E-state index in [9.17, 15) is 4.79 Å². The molecule has 1 aromatic carbocycles. The van der Waals surface area contributed by atoms with Gasteiger partial charge in [-0.15, -0.1) is 0 Å². The fourth-order valence-corrected chi connectivity index (χ4v) is 2.61. The Morgan fingerprint density at radius 3 is 3.06 bits per heavy atom. The van der Waals surface area contributed by atoms with Gasteiger partial charge in [-0.3, -0.25) is 4.79 Å². The second-order valence-electron chi connectivity index (χ2n) is 4.39. The normalized spacial score (nSPS) is 16.3. The van der Waals surface area contributed by atoms with Crippen LogP contribution in [0, 0.1) is 0 Å². The first kappa shape index (κ1) is 13.4. The fourth-order valence-electron chi connectivity index (χ4n) is 2.20. The van der Waals surface area contributed by atoms with Crippen molar-refractivity contribution in [2.45, 2.75) is 13.0 Å². The quantitative estimate of drug-likeness (QED) is 0.889. The van der Waals surface area contributed by atoms with Gasteiger partial charge < -0.3 is 15.5 Å². The van der Waals surface area contributed by atoms with E-state index in [-0.39, 0.29) is 5.91 Å². The average Bonchev–Trinajstić information content (AvgIpc) is 2.55. The van der Waals surface area contributed by atoms with Crippen molar-refractivity contribution in [2.24, 2.45) is 0 Å². The molecule has 0 atom stereocenters. The first-order valence-electron chi connectivity index (χ1n) is 6.15. The van der Waals surface area contributed by atoms with Gasteiger partial charge in [0.05, 0.1) is 0 Å². The summed E-state index contributed by atoms with van der Waals surface area (Å²) < 4.78 is 1.08. The lowest BCUT2D eigenvalue weighted by Gasteiger charge is -2.25. The number of rotatable bonds is 3. The third-order valence-corrected chi connectivity index (χ3v) is 3.56. The van der Waals surface area contributed by atoms with Gasteiger partial charge >= 0.3 is 0 Å². The van der Waals surface area contributed by atoms with E-state index in [2.05, 4.69) is 49.7 Å². The van der Waals surface area contributed by atoms with E-state index in [1.54, 1.807) is 0 Å². The summed E-state index contributed by atoms with van der Waals surface area (Å²) in [6.45, 7) is 3.19. The first-order chi connectivity index (χ1) is 8.70. The SMILES string of the molecule is CNCc1cc(Br)ccc1N1CCNC(=O)CC1. The van der Waals surface area contributed by atoms with Gasteiger partial charge in [0.1, 0.15) is 0 Å². The van der Waals surface area contributed by atoms with Crippen LogP contribution in [0.5, 0.6) is 0 Å². The molecule has 5 heteroatoms. The molecule has 0 bridgehead atoms. The number of halogens is 1. The van der Waals surface area contributed by atoms with Crippen LogP contribution in [0.3, 0.4) is 0 Å². The Hall–Kier alpha value is -1.07. The number of amides is 1. The molecule has 0 spiro atoms. The highest BCUT2D eigenvalue weighted by atomic mass is 79.9. The Morgan fingerprint density at radius 2 is 2.28 bits per heavy atom.